The predicted octanol–water partition coefficient (Wildman–Crippen LogP) is 0.671. The SMILES string of the molecule is CNC(=O)CCN(C)C(=O)CC(N)c1ccccc1. The molecule has 0 aliphatic rings. The van der Waals surface area contributed by atoms with Gasteiger partial charge in [-0.25, -0.2) is 0 Å². The highest BCUT2D eigenvalue weighted by Gasteiger charge is 2.15. The van der Waals surface area contributed by atoms with Crippen LogP contribution in [0, 0.1) is 0 Å². The Balaban J connectivity index is 2.43. The van der Waals surface area contributed by atoms with Gasteiger partial charge < -0.3 is 16.0 Å². The summed E-state index contributed by atoms with van der Waals surface area (Å²) >= 11 is 0. The first-order chi connectivity index (χ1) is 9.04. The van der Waals surface area contributed by atoms with Gasteiger partial charge in [-0.1, -0.05) is 30.3 Å². The molecule has 1 aromatic carbocycles. The fourth-order valence-electron chi connectivity index (χ4n) is 1.68. The van der Waals surface area contributed by atoms with Crippen molar-refractivity contribution in [2.75, 3.05) is 20.6 Å². The number of nitrogens with two attached hydrogens (primary N) is 1. The van der Waals surface area contributed by atoms with Gasteiger partial charge in [0.15, 0.2) is 0 Å². The van der Waals surface area contributed by atoms with E-state index in [9.17, 15) is 9.59 Å². The monoisotopic (exact) mass is 263 g/mol. The molecule has 5 heteroatoms. The molecule has 0 saturated carbocycles. The maximum Gasteiger partial charge on any atom is 0.224 e. The molecule has 19 heavy (non-hydrogen) atoms. The molecule has 0 fully saturated rings. The van der Waals surface area contributed by atoms with Crippen molar-refractivity contribution >= 4 is 11.8 Å². The van der Waals surface area contributed by atoms with Crippen LogP contribution in [0.1, 0.15) is 24.4 Å². The third-order valence-electron chi connectivity index (χ3n) is 3.00. The van der Waals surface area contributed by atoms with E-state index >= 15 is 0 Å². The summed E-state index contributed by atoms with van der Waals surface area (Å²) in [4.78, 5) is 24.6. The van der Waals surface area contributed by atoms with E-state index in [1.54, 1.807) is 14.1 Å². The molecular formula is C14H21N3O2. The van der Waals surface area contributed by atoms with Crippen LogP contribution in [0.15, 0.2) is 30.3 Å². The van der Waals surface area contributed by atoms with Crippen molar-refractivity contribution in [2.24, 2.45) is 5.73 Å². The average molecular weight is 263 g/mol. The number of amides is 2. The zero-order chi connectivity index (χ0) is 14.3. The van der Waals surface area contributed by atoms with E-state index in [-0.39, 0.29) is 24.3 Å². The van der Waals surface area contributed by atoms with Crippen LogP contribution >= 0.6 is 0 Å². The molecule has 1 rings (SSSR count). The van der Waals surface area contributed by atoms with E-state index < -0.39 is 0 Å². The van der Waals surface area contributed by atoms with Crippen molar-refractivity contribution in [3.05, 3.63) is 35.9 Å². The van der Waals surface area contributed by atoms with Crippen molar-refractivity contribution < 1.29 is 9.59 Å². The summed E-state index contributed by atoms with van der Waals surface area (Å²) in [5.74, 6) is -0.132. The molecule has 0 aromatic heterocycles. The standard InChI is InChI=1S/C14H21N3O2/c1-16-13(18)8-9-17(2)14(19)10-12(15)11-6-4-3-5-7-11/h3-7,12H,8-10,15H2,1-2H3,(H,16,18). The summed E-state index contributed by atoms with van der Waals surface area (Å²) in [6.07, 6.45) is 0.549. The largest absolute Gasteiger partial charge is 0.359 e. The molecule has 1 aromatic rings. The first-order valence-electron chi connectivity index (χ1n) is 6.29. The lowest BCUT2D eigenvalue weighted by atomic mass is 10.0. The second kappa shape index (κ2) is 7.53. The third kappa shape index (κ3) is 5.09. The highest BCUT2D eigenvalue weighted by atomic mass is 16.2. The van der Waals surface area contributed by atoms with Crippen molar-refractivity contribution in [1.82, 2.24) is 10.2 Å². The Morgan fingerprint density at radius 3 is 2.53 bits per heavy atom. The van der Waals surface area contributed by atoms with Crippen LogP contribution in [0.5, 0.6) is 0 Å². The number of carbonyl (C=O) groups is 2. The van der Waals surface area contributed by atoms with Gasteiger partial charge in [0.05, 0.1) is 0 Å². The van der Waals surface area contributed by atoms with Crippen LogP contribution in [0.3, 0.4) is 0 Å². The maximum atomic E-state index is 11.9. The number of benzene rings is 1. The van der Waals surface area contributed by atoms with E-state index in [4.69, 9.17) is 5.73 Å². The highest BCUT2D eigenvalue weighted by molar-refractivity contribution is 5.79. The number of nitrogens with zero attached hydrogens (tertiary/aromatic N) is 1. The maximum absolute atomic E-state index is 11.9. The number of nitrogens with one attached hydrogen (secondary N) is 1. The fourth-order valence-corrected chi connectivity index (χ4v) is 1.68. The van der Waals surface area contributed by atoms with Crippen LogP contribution < -0.4 is 11.1 Å². The summed E-state index contributed by atoms with van der Waals surface area (Å²) in [6, 6.07) is 9.21. The second-order valence-corrected chi connectivity index (χ2v) is 4.46. The normalized spacial score (nSPS) is 11.7. The van der Waals surface area contributed by atoms with Gasteiger partial charge in [0.2, 0.25) is 11.8 Å². The molecule has 0 aliphatic heterocycles. The Kier molecular flexibility index (Phi) is 6.02. The number of hydrogen-bond donors (Lipinski definition) is 2. The molecule has 0 heterocycles. The summed E-state index contributed by atoms with van der Waals surface area (Å²) in [6.45, 7) is 0.403. The van der Waals surface area contributed by atoms with E-state index in [1.807, 2.05) is 30.3 Å². The minimum atomic E-state index is -0.309. The van der Waals surface area contributed by atoms with E-state index in [0.29, 0.717) is 13.0 Å². The molecule has 104 valence electrons. The quantitative estimate of drug-likeness (QED) is 0.792. The van der Waals surface area contributed by atoms with Gasteiger partial charge in [-0.15, -0.1) is 0 Å². The molecule has 0 spiro atoms. The van der Waals surface area contributed by atoms with Crippen molar-refractivity contribution in [2.45, 2.75) is 18.9 Å². The van der Waals surface area contributed by atoms with Gasteiger partial charge in [0.25, 0.3) is 0 Å². The topological polar surface area (TPSA) is 75.4 Å². The van der Waals surface area contributed by atoms with Crippen molar-refractivity contribution in [3.8, 4) is 0 Å². The first-order valence-corrected chi connectivity index (χ1v) is 6.29. The van der Waals surface area contributed by atoms with Crippen LogP contribution in [-0.2, 0) is 9.59 Å². The smallest absolute Gasteiger partial charge is 0.224 e. The summed E-state index contributed by atoms with van der Waals surface area (Å²) in [7, 11) is 3.26. The number of hydrogen-bond acceptors (Lipinski definition) is 3. The average Bonchev–Trinajstić information content (AvgIpc) is 2.44. The Bertz CT molecular complexity index is 420. The first kappa shape index (κ1) is 15.2. The predicted molar refractivity (Wildman–Crippen MR) is 74.3 cm³/mol. The van der Waals surface area contributed by atoms with Crippen LogP contribution in [-0.4, -0.2) is 37.4 Å². The van der Waals surface area contributed by atoms with E-state index in [0.717, 1.165) is 5.56 Å². The lowest BCUT2D eigenvalue weighted by Gasteiger charge is -2.19. The minimum absolute atomic E-state index is 0.0553. The van der Waals surface area contributed by atoms with Gasteiger partial charge >= 0.3 is 0 Å². The third-order valence-corrected chi connectivity index (χ3v) is 3.00. The molecule has 2 amide bonds. The lowest BCUT2D eigenvalue weighted by molar-refractivity contribution is -0.130. The molecule has 1 atom stereocenters. The second-order valence-electron chi connectivity index (χ2n) is 4.46. The summed E-state index contributed by atoms with van der Waals surface area (Å²) < 4.78 is 0. The number of rotatable bonds is 6. The molecule has 0 bridgehead atoms. The van der Waals surface area contributed by atoms with Gasteiger partial charge in [-0.05, 0) is 5.56 Å². The Morgan fingerprint density at radius 2 is 1.95 bits per heavy atom. The molecule has 1 unspecified atom stereocenters. The minimum Gasteiger partial charge on any atom is -0.359 e. The van der Waals surface area contributed by atoms with Gasteiger partial charge in [0.1, 0.15) is 0 Å². The summed E-state index contributed by atoms with van der Waals surface area (Å²) in [5, 5.41) is 2.52. The zero-order valence-corrected chi connectivity index (χ0v) is 11.4. The fraction of sp³-hybridized carbons (Fsp3) is 0.429. The van der Waals surface area contributed by atoms with Crippen LogP contribution in [0.4, 0.5) is 0 Å². The Morgan fingerprint density at radius 1 is 1.32 bits per heavy atom. The van der Waals surface area contributed by atoms with Gasteiger partial charge in [-0.3, -0.25) is 9.59 Å². The number of carbonyl (C=O) groups excluding carboxylic acids is 2. The van der Waals surface area contributed by atoms with E-state index in [1.165, 1.54) is 4.90 Å². The lowest BCUT2D eigenvalue weighted by Crippen LogP contribution is -2.33. The van der Waals surface area contributed by atoms with Gasteiger partial charge in [-0.2, -0.15) is 0 Å². The highest BCUT2D eigenvalue weighted by Crippen LogP contribution is 2.14. The molecule has 3 N–H and O–H groups in total. The summed E-state index contributed by atoms with van der Waals surface area (Å²) in [5.41, 5.74) is 6.93. The molecule has 0 radical (unpaired) electrons. The van der Waals surface area contributed by atoms with Crippen LogP contribution in [0.25, 0.3) is 0 Å². The zero-order valence-electron chi connectivity index (χ0n) is 11.4. The van der Waals surface area contributed by atoms with E-state index in [2.05, 4.69) is 5.32 Å². The Hall–Kier alpha value is -1.88. The van der Waals surface area contributed by atoms with Crippen molar-refractivity contribution in [3.63, 3.8) is 0 Å². The Labute approximate surface area is 113 Å². The van der Waals surface area contributed by atoms with Crippen LogP contribution in [0.2, 0.25) is 0 Å². The van der Waals surface area contributed by atoms with Crippen molar-refractivity contribution in [1.29, 1.82) is 0 Å². The molecule has 0 saturated heterocycles. The molecule has 0 aliphatic carbocycles. The van der Waals surface area contributed by atoms with Gasteiger partial charge in [0, 0.05) is 39.5 Å². The molecular weight excluding hydrogens is 242 g/mol. The molecule has 5 nitrogen and oxygen atoms in total.